The summed E-state index contributed by atoms with van der Waals surface area (Å²) in [5.41, 5.74) is 0.876. The molecule has 0 aliphatic heterocycles. The van der Waals surface area contributed by atoms with Crippen molar-refractivity contribution in [3.8, 4) is 11.6 Å². The van der Waals surface area contributed by atoms with Gasteiger partial charge in [-0.1, -0.05) is 12.2 Å². The highest BCUT2D eigenvalue weighted by Gasteiger charge is 2.15. The van der Waals surface area contributed by atoms with E-state index in [0.29, 0.717) is 17.3 Å². The predicted molar refractivity (Wildman–Crippen MR) is 63.2 cm³/mol. The summed E-state index contributed by atoms with van der Waals surface area (Å²) in [5, 5.41) is 0. The van der Waals surface area contributed by atoms with Crippen LogP contribution in [0.3, 0.4) is 0 Å². The van der Waals surface area contributed by atoms with Crippen molar-refractivity contribution in [2.45, 2.75) is 6.92 Å². The van der Waals surface area contributed by atoms with E-state index >= 15 is 0 Å². The second kappa shape index (κ2) is 4.50. The molecule has 2 heterocycles. The molecule has 0 atom stereocenters. The third kappa shape index (κ3) is 2.12. The smallest absolute Gasteiger partial charge is 0.342 e. The molecule has 2 aromatic rings. The van der Waals surface area contributed by atoms with Gasteiger partial charge in [0.1, 0.15) is 10.2 Å². The van der Waals surface area contributed by atoms with Crippen molar-refractivity contribution in [3.05, 3.63) is 34.3 Å². The van der Waals surface area contributed by atoms with Crippen LogP contribution in [0.2, 0.25) is 0 Å². The number of esters is 1. The van der Waals surface area contributed by atoms with Crippen molar-refractivity contribution < 1.29 is 13.9 Å². The number of hydrogen-bond donors (Lipinski definition) is 1. The summed E-state index contributed by atoms with van der Waals surface area (Å²) < 4.78 is 10.0. The first kappa shape index (κ1) is 11.5. The van der Waals surface area contributed by atoms with E-state index in [4.69, 9.17) is 16.6 Å². The van der Waals surface area contributed by atoms with Crippen LogP contribution in [0.25, 0.3) is 11.6 Å². The Hall–Kier alpha value is -1.95. The number of carbonyl (C=O) groups is 1. The zero-order chi connectivity index (χ0) is 12.4. The molecule has 2 rings (SSSR count). The number of aromatic amines is 1. The van der Waals surface area contributed by atoms with Crippen LogP contribution < -0.4 is 0 Å². The van der Waals surface area contributed by atoms with Crippen LogP contribution in [0.15, 0.2) is 22.8 Å². The number of methoxy groups -OCH3 is 1. The Morgan fingerprint density at radius 2 is 2.35 bits per heavy atom. The standard InChI is InChI=1S/C11H10N2O3S/c1-6-8(11(14)15-2)10(17)13-9(12-6)7-4-3-5-16-7/h3-5H,1-2H3,(H,12,13,17). The lowest BCUT2D eigenvalue weighted by atomic mass is 10.2. The van der Waals surface area contributed by atoms with Crippen LogP contribution in [0.5, 0.6) is 0 Å². The minimum Gasteiger partial charge on any atom is -0.465 e. The normalized spacial score (nSPS) is 10.2. The molecule has 6 heteroatoms. The van der Waals surface area contributed by atoms with Gasteiger partial charge in [-0.25, -0.2) is 9.78 Å². The summed E-state index contributed by atoms with van der Waals surface area (Å²) >= 11 is 5.07. The molecule has 88 valence electrons. The lowest BCUT2D eigenvalue weighted by Gasteiger charge is -2.05. The van der Waals surface area contributed by atoms with Gasteiger partial charge in [0.2, 0.25) is 0 Å². The van der Waals surface area contributed by atoms with Gasteiger partial charge in [0.25, 0.3) is 0 Å². The maximum atomic E-state index is 11.5. The van der Waals surface area contributed by atoms with E-state index in [1.54, 1.807) is 19.1 Å². The van der Waals surface area contributed by atoms with E-state index < -0.39 is 5.97 Å². The van der Waals surface area contributed by atoms with Crippen molar-refractivity contribution in [1.29, 1.82) is 0 Å². The highest BCUT2D eigenvalue weighted by atomic mass is 32.1. The summed E-state index contributed by atoms with van der Waals surface area (Å²) in [4.78, 5) is 18.6. The topological polar surface area (TPSA) is 68.1 Å². The number of hydrogen-bond acceptors (Lipinski definition) is 5. The number of aromatic nitrogens is 2. The van der Waals surface area contributed by atoms with Crippen molar-refractivity contribution in [1.82, 2.24) is 9.97 Å². The zero-order valence-corrected chi connectivity index (χ0v) is 10.1. The molecule has 1 N–H and O–H groups in total. The van der Waals surface area contributed by atoms with Crippen LogP contribution in [0.4, 0.5) is 0 Å². The molecule has 2 aromatic heterocycles. The van der Waals surface area contributed by atoms with E-state index in [1.807, 2.05) is 0 Å². The van der Waals surface area contributed by atoms with Crippen LogP contribution in [0.1, 0.15) is 16.1 Å². The van der Waals surface area contributed by atoms with E-state index in [1.165, 1.54) is 13.4 Å². The highest BCUT2D eigenvalue weighted by Crippen LogP contribution is 2.17. The summed E-state index contributed by atoms with van der Waals surface area (Å²) in [6.45, 7) is 1.73. The molecule has 0 unspecified atom stereocenters. The second-order valence-electron chi connectivity index (χ2n) is 3.36. The minimum absolute atomic E-state index is 0.194. The largest absolute Gasteiger partial charge is 0.465 e. The SMILES string of the molecule is COC(=O)c1c(C)[nH]c(-c2ccco2)nc1=S. The molecule has 0 aliphatic rings. The van der Waals surface area contributed by atoms with Crippen molar-refractivity contribution in [2.75, 3.05) is 7.11 Å². The number of nitrogens with zero attached hydrogens (tertiary/aromatic N) is 1. The highest BCUT2D eigenvalue weighted by molar-refractivity contribution is 7.71. The third-order valence-electron chi connectivity index (χ3n) is 2.25. The molecule has 0 spiro atoms. The number of aryl methyl sites for hydroxylation is 1. The van der Waals surface area contributed by atoms with Crippen LogP contribution in [-0.4, -0.2) is 23.0 Å². The lowest BCUT2D eigenvalue weighted by molar-refractivity contribution is 0.0598. The monoisotopic (exact) mass is 250 g/mol. The molecule has 0 aliphatic carbocycles. The fourth-order valence-corrected chi connectivity index (χ4v) is 1.79. The fraction of sp³-hybridized carbons (Fsp3) is 0.182. The van der Waals surface area contributed by atoms with Gasteiger partial charge >= 0.3 is 5.97 Å². The third-order valence-corrected chi connectivity index (χ3v) is 2.55. The maximum absolute atomic E-state index is 11.5. The van der Waals surface area contributed by atoms with Gasteiger partial charge in [-0.05, 0) is 19.1 Å². The number of nitrogens with one attached hydrogen (secondary N) is 1. The van der Waals surface area contributed by atoms with Gasteiger partial charge in [-0.2, -0.15) is 0 Å². The number of H-pyrrole nitrogens is 1. The molecular formula is C11H10N2O3S. The first-order valence-electron chi connectivity index (χ1n) is 4.86. The van der Waals surface area contributed by atoms with E-state index in [-0.39, 0.29) is 10.2 Å². The first-order valence-corrected chi connectivity index (χ1v) is 5.27. The minimum atomic E-state index is -0.498. The zero-order valence-electron chi connectivity index (χ0n) is 9.31. The van der Waals surface area contributed by atoms with Gasteiger partial charge < -0.3 is 14.1 Å². The van der Waals surface area contributed by atoms with Crippen LogP contribution in [-0.2, 0) is 4.74 Å². The summed E-state index contributed by atoms with van der Waals surface area (Å²) in [5.74, 6) is 0.558. The molecular weight excluding hydrogens is 240 g/mol. The number of ether oxygens (including phenoxy) is 1. The number of furan rings is 1. The predicted octanol–water partition coefficient (Wildman–Crippen LogP) is 2.49. The first-order chi connectivity index (χ1) is 8.13. The quantitative estimate of drug-likeness (QED) is 0.655. The number of rotatable bonds is 2. The Balaban J connectivity index is 2.57. The van der Waals surface area contributed by atoms with Gasteiger partial charge in [0.05, 0.1) is 13.4 Å². The summed E-state index contributed by atoms with van der Waals surface area (Å²) in [7, 11) is 1.30. The molecule has 0 amide bonds. The Bertz CT molecular complexity index is 602. The number of carbonyl (C=O) groups excluding carboxylic acids is 1. The molecule has 17 heavy (non-hydrogen) atoms. The van der Waals surface area contributed by atoms with Crippen molar-refractivity contribution >= 4 is 18.2 Å². The maximum Gasteiger partial charge on any atom is 0.342 e. The van der Waals surface area contributed by atoms with E-state index in [2.05, 4.69) is 14.7 Å². The van der Waals surface area contributed by atoms with E-state index in [9.17, 15) is 4.79 Å². The molecule has 0 fully saturated rings. The molecule has 0 radical (unpaired) electrons. The molecule has 0 bridgehead atoms. The summed E-state index contributed by atoms with van der Waals surface area (Å²) in [6.07, 6.45) is 1.54. The fourth-order valence-electron chi connectivity index (χ4n) is 1.46. The van der Waals surface area contributed by atoms with Gasteiger partial charge in [0.15, 0.2) is 11.6 Å². The van der Waals surface area contributed by atoms with Crippen molar-refractivity contribution in [2.24, 2.45) is 0 Å². The average molecular weight is 250 g/mol. The lowest BCUT2D eigenvalue weighted by Crippen LogP contribution is -2.08. The Morgan fingerprint density at radius 3 is 2.88 bits per heavy atom. The van der Waals surface area contributed by atoms with Crippen molar-refractivity contribution in [3.63, 3.8) is 0 Å². The Kier molecular flexibility index (Phi) is 3.06. The molecule has 5 nitrogen and oxygen atoms in total. The van der Waals surface area contributed by atoms with Crippen LogP contribution in [0, 0.1) is 11.6 Å². The molecule has 0 saturated carbocycles. The second-order valence-corrected chi connectivity index (χ2v) is 3.75. The van der Waals surface area contributed by atoms with Crippen LogP contribution >= 0.6 is 12.2 Å². The molecule has 0 saturated heterocycles. The van der Waals surface area contributed by atoms with Gasteiger partial charge in [-0.15, -0.1) is 0 Å². The average Bonchev–Trinajstić information content (AvgIpc) is 2.81. The van der Waals surface area contributed by atoms with Gasteiger partial charge in [-0.3, -0.25) is 0 Å². The van der Waals surface area contributed by atoms with Gasteiger partial charge in [0, 0.05) is 5.69 Å². The summed E-state index contributed by atoms with van der Waals surface area (Å²) in [6, 6.07) is 3.50. The van der Waals surface area contributed by atoms with E-state index in [0.717, 1.165) is 0 Å². The Labute approximate surface area is 102 Å². The Morgan fingerprint density at radius 1 is 1.59 bits per heavy atom. The molecule has 0 aromatic carbocycles.